The number of carbonyl (C=O) groups excluding carboxylic acids is 1. The van der Waals surface area contributed by atoms with Crippen molar-refractivity contribution in [1.82, 2.24) is 9.78 Å². The average molecular weight is 472 g/mol. The first kappa shape index (κ1) is 21.9. The molecule has 0 saturated heterocycles. The number of aromatic nitrogens is 2. The zero-order valence-electron chi connectivity index (χ0n) is 18.3. The summed E-state index contributed by atoms with van der Waals surface area (Å²) in [4.78, 5) is 36.6. The Hall–Kier alpha value is -2.87. The molecule has 0 spiro atoms. The Kier molecular flexibility index (Phi) is 5.23. The van der Waals surface area contributed by atoms with E-state index in [4.69, 9.17) is 16.3 Å². The summed E-state index contributed by atoms with van der Waals surface area (Å²) in [6.45, 7) is 0. The molecule has 2 aromatic rings. The number of methoxy groups -OCH3 is 1. The van der Waals surface area contributed by atoms with Crippen LogP contribution < -0.4 is 10.9 Å². The molecule has 0 radical (unpaired) electrons. The molecule has 2 N–H and O–H groups in total. The average Bonchev–Trinajstić information content (AvgIpc) is 2.75. The van der Waals surface area contributed by atoms with Gasteiger partial charge in [0.1, 0.15) is 5.02 Å². The highest BCUT2D eigenvalue weighted by Crippen LogP contribution is 2.65. The lowest BCUT2D eigenvalue weighted by Gasteiger charge is -2.61. The molecule has 2 atom stereocenters. The van der Waals surface area contributed by atoms with E-state index in [0.29, 0.717) is 35.2 Å². The van der Waals surface area contributed by atoms with Crippen LogP contribution in [-0.2, 0) is 15.1 Å². The number of anilines is 2. The third kappa shape index (κ3) is 3.80. The molecule has 4 fully saturated rings. The molecule has 174 valence electrons. The van der Waals surface area contributed by atoms with Gasteiger partial charge in [-0.1, -0.05) is 11.6 Å². The molecule has 6 rings (SSSR count). The van der Waals surface area contributed by atoms with Crippen molar-refractivity contribution >= 4 is 34.9 Å². The van der Waals surface area contributed by atoms with Crippen molar-refractivity contribution in [2.75, 3.05) is 12.4 Å². The molecule has 1 aromatic heterocycles. The molecule has 33 heavy (non-hydrogen) atoms. The van der Waals surface area contributed by atoms with Crippen LogP contribution in [0.2, 0.25) is 5.02 Å². The first-order valence-corrected chi connectivity index (χ1v) is 11.6. The van der Waals surface area contributed by atoms with Crippen LogP contribution in [0.3, 0.4) is 0 Å². The Morgan fingerprint density at radius 3 is 2.48 bits per heavy atom. The summed E-state index contributed by atoms with van der Waals surface area (Å²) in [6.07, 6.45) is 6.98. The van der Waals surface area contributed by atoms with Crippen molar-refractivity contribution in [3.05, 3.63) is 51.4 Å². The Morgan fingerprint density at radius 1 is 1.21 bits per heavy atom. The smallest absolute Gasteiger partial charge is 0.337 e. The summed E-state index contributed by atoms with van der Waals surface area (Å²) in [5, 5.41) is 17.2. The molecule has 0 amide bonds. The van der Waals surface area contributed by atoms with Gasteiger partial charge in [-0.15, -0.1) is 0 Å². The van der Waals surface area contributed by atoms with Crippen molar-refractivity contribution < 1.29 is 19.4 Å². The Labute approximate surface area is 195 Å². The van der Waals surface area contributed by atoms with E-state index >= 15 is 0 Å². The summed E-state index contributed by atoms with van der Waals surface area (Å²) < 4.78 is 6.24. The minimum absolute atomic E-state index is 0.0464. The number of carboxylic acid groups (broad SMARTS) is 1. The maximum absolute atomic E-state index is 13.4. The van der Waals surface area contributed by atoms with Crippen LogP contribution in [0.1, 0.15) is 55.3 Å². The Bertz CT molecular complexity index is 1160. The SMILES string of the molecule is COC(=O)c1ccc(Nc2cnn(C34CC5CC(CC(CC(=O)O)(C5)C3)C4)c(=O)c2Cl)cc1. The van der Waals surface area contributed by atoms with Crippen LogP contribution >= 0.6 is 11.6 Å². The van der Waals surface area contributed by atoms with Gasteiger partial charge in [-0.05, 0) is 80.0 Å². The molecule has 2 unspecified atom stereocenters. The number of esters is 1. The molecule has 4 bridgehead atoms. The molecule has 1 heterocycles. The fraction of sp³-hybridized carbons (Fsp3) is 0.500. The zero-order valence-corrected chi connectivity index (χ0v) is 19.1. The van der Waals surface area contributed by atoms with Crippen molar-refractivity contribution in [3.8, 4) is 0 Å². The summed E-state index contributed by atoms with van der Waals surface area (Å²) in [5.41, 5.74) is 0.357. The van der Waals surface area contributed by atoms with Gasteiger partial charge in [0.2, 0.25) is 0 Å². The van der Waals surface area contributed by atoms with Crippen molar-refractivity contribution in [2.45, 2.75) is 50.5 Å². The number of halogens is 1. The highest BCUT2D eigenvalue weighted by atomic mass is 35.5. The maximum atomic E-state index is 13.4. The summed E-state index contributed by atoms with van der Waals surface area (Å²) >= 11 is 6.51. The molecule has 4 aliphatic rings. The monoisotopic (exact) mass is 471 g/mol. The van der Waals surface area contributed by atoms with Gasteiger partial charge in [0, 0.05) is 5.69 Å². The number of benzene rings is 1. The van der Waals surface area contributed by atoms with E-state index in [1.54, 1.807) is 30.5 Å². The van der Waals surface area contributed by atoms with Gasteiger partial charge in [-0.25, -0.2) is 9.48 Å². The molecule has 9 heteroatoms. The predicted octanol–water partition coefficient (Wildman–Crippen LogP) is 4.20. The molecule has 0 aliphatic heterocycles. The largest absolute Gasteiger partial charge is 0.481 e. The fourth-order valence-corrected chi connectivity index (χ4v) is 7.17. The fourth-order valence-electron chi connectivity index (χ4n) is 7.00. The van der Waals surface area contributed by atoms with Crippen LogP contribution in [0.15, 0.2) is 35.3 Å². The topological polar surface area (TPSA) is 111 Å². The number of hydrogen-bond donors (Lipinski definition) is 2. The summed E-state index contributed by atoms with van der Waals surface area (Å²) in [6, 6.07) is 6.63. The second-order valence-corrected chi connectivity index (χ2v) is 10.4. The first-order chi connectivity index (χ1) is 15.7. The van der Waals surface area contributed by atoms with E-state index in [2.05, 4.69) is 10.4 Å². The summed E-state index contributed by atoms with van der Waals surface area (Å²) in [7, 11) is 1.32. The molecule has 1 aromatic carbocycles. The van der Waals surface area contributed by atoms with E-state index in [1.807, 2.05) is 0 Å². The lowest BCUT2D eigenvalue weighted by molar-refractivity contribution is -0.151. The van der Waals surface area contributed by atoms with Gasteiger partial charge in [0.15, 0.2) is 0 Å². The lowest BCUT2D eigenvalue weighted by Crippen LogP contribution is -2.59. The minimum atomic E-state index is -0.775. The van der Waals surface area contributed by atoms with Crippen LogP contribution in [0, 0.1) is 17.3 Å². The number of nitrogens with one attached hydrogen (secondary N) is 1. The molecule has 8 nitrogen and oxygen atoms in total. The molecular formula is C24H26ClN3O5. The van der Waals surface area contributed by atoms with E-state index in [9.17, 15) is 19.5 Å². The number of rotatable bonds is 6. The number of aliphatic carboxylic acids is 1. The van der Waals surface area contributed by atoms with Crippen LogP contribution in [0.25, 0.3) is 0 Å². The van der Waals surface area contributed by atoms with E-state index < -0.39 is 17.5 Å². The zero-order chi connectivity index (χ0) is 23.4. The quantitative estimate of drug-likeness (QED) is 0.607. The van der Waals surface area contributed by atoms with Gasteiger partial charge in [-0.2, -0.15) is 5.10 Å². The third-order valence-electron chi connectivity index (χ3n) is 7.63. The Morgan fingerprint density at radius 2 is 1.88 bits per heavy atom. The second-order valence-electron chi connectivity index (χ2n) is 10.0. The number of nitrogens with zero attached hydrogens (tertiary/aromatic N) is 2. The van der Waals surface area contributed by atoms with Gasteiger partial charge in [0.05, 0.1) is 36.5 Å². The predicted molar refractivity (Wildman–Crippen MR) is 122 cm³/mol. The van der Waals surface area contributed by atoms with Gasteiger partial charge in [-0.3, -0.25) is 9.59 Å². The van der Waals surface area contributed by atoms with E-state index in [-0.39, 0.29) is 22.4 Å². The first-order valence-electron chi connectivity index (χ1n) is 11.2. The number of carbonyl (C=O) groups is 2. The minimum Gasteiger partial charge on any atom is -0.481 e. The third-order valence-corrected chi connectivity index (χ3v) is 8.00. The lowest BCUT2D eigenvalue weighted by atomic mass is 9.46. The molecule has 4 saturated carbocycles. The van der Waals surface area contributed by atoms with E-state index in [0.717, 1.165) is 32.1 Å². The van der Waals surface area contributed by atoms with Gasteiger partial charge < -0.3 is 15.2 Å². The maximum Gasteiger partial charge on any atom is 0.337 e. The van der Waals surface area contributed by atoms with E-state index in [1.165, 1.54) is 11.8 Å². The van der Waals surface area contributed by atoms with Crippen molar-refractivity contribution in [2.24, 2.45) is 17.3 Å². The number of hydrogen-bond acceptors (Lipinski definition) is 6. The van der Waals surface area contributed by atoms with Crippen LogP contribution in [0.5, 0.6) is 0 Å². The second kappa shape index (κ2) is 7.87. The van der Waals surface area contributed by atoms with Crippen LogP contribution in [-0.4, -0.2) is 33.9 Å². The highest BCUT2D eigenvalue weighted by molar-refractivity contribution is 6.33. The normalized spacial score (nSPS) is 29.6. The van der Waals surface area contributed by atoms with Crippen molar-refractivity contribution in [1.29, 1.82) is 0 Å². The van der Waals surface area contributed by atoms with Crippen molar-refractivity contribution in [3.63, 3.8) is 0 Å². The molecular weight excluding hydrogens is 446 g/mol. The number of carboxylic acids is 1. The Balaban J connectivity index is 1.44. The molecule has 4 aliphatic carbocycles. The summed E-state index contributed by atoms with van der Waals surface area (Å²) in [5.74, 6) is -0.364. The van der Waals surface area contributed by atoms with Gasteiger partial charge >= 0.3 is 11.9 Å². The standard InChI is InChI=1S/C24H26ClN3O5/c1-33-22(32)16-2-4-17(5-3-16)27-18-12-26-28(21(31)20(18)25)24-9-14-6-15(10-24)8-23(7-14,13-24)11-19(29)30/h2-5,12,14-15,27H,6-11,13H2,1H3,(H,29,30). The van der Waals surface area contributed by atoms with Gasteiger partial charge in [0.25, 0.3) is 5.56 Å². The number of ether oxygens (including phenoxy) is 1. The van der Waals surface area contributed by atoms with Crippen LogP contribution in [0.4, 0.5) is 11.4 Å². The highest BCUT2D eigenvalue weighted by Gasteiger charge is 2.59.